The van der Waals surface area contributed by atoms with Gasteiger partial charge in [-0.05, 0) is 12.3 Å². The average Bonchev–Trinajstić information content (AvgIpc) is 2.39. The Hall–Kier alpha value is -1.21. The van der Waals surface area contributed by atoms with Crippen molar-refractivity contribution in [2.75, 3.05) is 21.0 Å². The van der Waals surface area contributed by atoms with Crippen LogP contribution in [0, 0.1) is 16.0 Å². The lowest BCUT2D eigenvalue weighted by atomic mass is 9.85. The molecule has 0 heterocycles. The topological polar surface area (TPSA) is 87.9 Å². The second-order valence-corrected chi connectivity index (χ2v) is 5.38. The number of nitro groups is 1. The Kier molecular flexibility index (Phi) is 8.33. The molecular weight excluding hydrogens is 266 g/mol. The minimum Gasteiger partial charge on any atom is -0.469 e. The van der Waals surface area contributed by atoms with Gasteiger partial charge in [0.15, 0.2) is 0 Å². The highest BCUT2D eigenvalue weighted by atomic mass is 16.7. The molecule has 0 aliphatic heterocycles. The van der Waals surface area contributed by atoms with Crippen LogP contribution in [0.3, 0.4) is 0 Å². The minimum absolute atomic E-state index is 0.0148. The summed E-state index contributed by atoms with van der Waals surface area (Å²) >= 11 is 0. The normalized spacial score (nSPS) is 15.7. The Labute approximate surface area is 119 Å². The summed E-state index contributed by atoms with van der Waals surface area (Å²) in [6, 6.07) is 0. The SMILES string of the molecule is COCO[C@H](CC(C)C)[C@@](C)(CCC(=O)OC)[N+](=O)[O-]. The van der Waals surface area contributed by atoms with E-state index in [4.69, 9.17) is 9.47 Å². The average molecular weight is 291 g/mol. The molecule has 0 radical (unpaired) electrons. The maximum atomic E-state index is 11.4. The fraction of sp³-hybridized carbons (Fsp3) is 0.923. The molecule has 7 heteroatoms. The number of methoxy groups -OCH3 is 2. The summed E-state index contributed by atoms with van der Waals surface area (Å²) in [4.78, 5) is 22.3. The molecule has 0 aromatic heterocycles. The third kappa shape index (κ3) is 5.83. The summed E-state index contributed by atoms with van der Waals surface area (Å²) in [6.45, 7) is 5.41. The number of ether oxygens (including phenoxy) is 3. The lowest BCUT2D eigenvalue weighted by Crippen LogP contribution is -2.49. The van der Waals surface area contributed by atoms with Crippen LogP contribution in [0.4, 0.5) is 0 Å². The fourth-order valence-electron chi connectivity index (χ4n) is 1.91. The third-order valence-electron chi connectivity index (χ3n) is 3.25. The maximum Gasteiger partial charge on any atom is 0.305 e. The molecule has 0 unspecified atom stereocenters. The van der Waals surface area contributed by atoms with E-state index < -0.39 is 17.6 Å². The van der Waals surface area contributed by atoms with Gasteiger partial charge in [0.1, 0.15) is 12.9 Å². The highest BCUT2D eigenvalue weighted by molar-refractivity contribution is 5.69. The van der Waals surface area contributed by atoms with Gasteiger partial charge in [-0.15, -0.1) is 0 Å². The van der Waals surface area contributed by atoms with Crippen molar-refractivity contribution < 1.29 is 23.9 Å². The minimum atomic E-state index is -1.35. The van der Waals surface area contributed by atoms with E-state index in [1.807, 2.05) is 13.8 Å². The number of rotatable bonds is 10. The van der Waals surface area contributed by atoms with Crippen LogP contribution in [0.5, 0.6) is 0 Å². The summed E-state index contributed by atoms with van der Waals surface area (Å²) < 4.78 is 14.9. The van der Waals surface area contributed by atoms with Crippen molar-refractivity contribution >= 4 is 5.97 Å². The molecule has 0 bridgehead atoms. The number of hydrogen-bond acceptors (Lipinski definition) is 6. The van der Waals surface area contributed by atoms with E-state index in [0.717, 1.165) is 0 Å². The van der Waals surface area contributed by atoms with Crippen molar-refractivity contribution in [3.63, 3.8) is 0 Å². The Balaban J connectivity index is 5.00. The zero-order valence-electron chi connectivity index (χ0n) is 12.9. The van der Waals surface area contributed by atoms with Gasteiger partial charge in [-0.25, -0.2) is 0 Å². The highest BCUT2D eigenvalue weighted by Gasteiger charge is 2.47. The van der Waals surface area contributed by atoms with Gasteiger partial charge >= 0.3 is 5.97 Å². The van der Waals surface area contributed by atoms with Gasteiger partial charge in [-0.2, -0.15) is 0 Å². The van der Waals surface area contributed by atoms with Crippen LogP contribution < -0.4 is 0 Å². The Morgan fingerprint density at radius 2 is 1.95 bits per heavy atom. The van der Waals surface area contributed by atoms with E-state index >= 15 is 0 Å². The fourth-order valence-corrected chi connectivity index (χ4v) is 1.91. The molecule has 118 valence electrons. The van der Waals surface area contributed by atoms with Crippen LogP contribution >= 0.6 is 0 Å². The summed E-state index contributed by atoms with van der Waals surface area (Å²) in [5, 5.41) is 11.4. The first-order valence-corrected chi connectivity index (χ1v) is 6.59. The molecule has 0 aliphatic rings. The van der Waals surface area contributed by atoms with Gasteiger partial charge in [0.05, 0.1) is 13.5 Å². The highest BCUT2D eigenvalue weighted by Crippen LogP contribution is 2.28. The molecule has 0 aromatic carbocycles. The molecule has 0 aliphatic carbocycles. The van der Waals surface area contributed by atoms with Crippen molar-refractivity contribution in [3.8, 4) is 0 Å². The molecule has 7 nitrogen and oxygen atoms in total. The van der Waals surface area contributed by atoms with Crippen LogP contribution in [0.25, 0.3) is 0 Å². The first kappa shape index (κ1) is 18.8. The van der Waals surface area contributed by atoms with Crippen LogP contribution in [-0.4, -0.2) is 43.5 Å². The van der Waals surface area contributed by atoms with Gasteiger partial charge in [0.25, 0.3) is 0 Å². The zero-order valence-corrected chi connectivity index (χ0v) is 12.9. The van der Waals surface area contributed by atoms with Crippen LogP contribution in [0.15, 0.2) is 0 Å². The summed E-state index contributed by atoms with van der Waals surface area (Å²) in [6.07, 6.45) is -0.0589. The lowest BCUT2D eigenvalue weighted by molar-refractivity contribution is -0.582. The molecule has 0 fully saturated rings. The number of esters is 1. The molecule has 0 spiro atoms. The van der Waals surface area contributed by atoms with Crippen molar-refractivity contribution in [2.24, 2.45) is 5.92 Å². The lowest BCUT2D eigenvalue weighted by Gasteiger charge is -2.30. The quantitative estimate of drug-likeness (QED) is 0.265. The standard InChI is InChI=1S/C13H25NO6/c1-10(2)8-11(20-9-18-4)13(3,14(16)17)7-6-12(15)19-5/h10-11H,6-9H2,1-5H3/t11-,13-/m1/s1. The van der Waals surface area contributed by atoms with Gasteiger partial charge in [-0.3, -0.25) is 14.9 Å². The number of carbonyl (C=O) groups excluding carboxylic acids is 1. The summed E-state index contributed by atoms with van der Waals surface area (Å²) in [5.41, 5.74) is -1.35. The maximum absolute atomic E-state index is 11.4. The molecule has 20 heavy (non-hydrogen) atoms. The van der Waals surface area contributed by atoms with Gasteiger partial charge in [0, 0.05) is 25.4 Å². The number of hydrogen-bond donors (Lipinski definition) is 0. The summed E-state index contributed by atoms with van der Waals surface area (Å²) in [5.74, 6) is -0.234. The monoisotopic (exact) mass is 291 g/mol. The second-order valence-electron chi connectivity index (χ2n) is 5.38. The van der Waals surface area contributed by atoms with E-state index in [1.54, 1.807) is 0 Å². The van der Waals surface area contributed by atoms with E-state index in [9.17, 15) is 14.9 Å². The predicted molar refractivity (Wildman–Crippen MR) is 72.9 cm³/mol. The Bertz CT molecular complexity index is 320. The van der Waals surface area contributed by atoms with Crippen molar-refractivity contribution in [1.29, 1.82) is 0 Å². The van der Waals surface area contributed by atoms with E-state index in [-0.39, 0.29) is 30.5 Å². The Morgan fingerprint density at radius 1 is 1.35 bits per heavy atom. The van der Waals surface area contributed by atoms with E-state index in [2.05, 4.69) is 4.74 Å². The number of nitrogens with zero attached hydrogens (tertiary/aromatic N) is 1. The molecule has 0 aromatic rings. The predicted octanol–water partition coefficient (Wildman–Crippen LogP) is 2.01. The largest absolute Gasteiger partial charge is 0.469 e. The Morgan fingerprint density at radius 3 is 2.35 bits per heavy atom. The van der Waals surface area contributed by atoms with Gasteiger partial charge < -0.3 is 14.2 Å². The summed E-state index contributed by atoms with van der Waals surface area (Å²) in [7, 11) is 2.73. The van der Waals surface area contributed by atoms with Crippen molar-refractivity contribution in [2.45, 2.75) is 51.7 Å². The van der Waals surface area contributed by atoms with Gasteiger partial charge in [0.2, 0.25) is 5.54 Å². The third-order valence-corrected chi connectivity index (χ3v) is 3.25. The van der Waals surface area contributed by atoms with E-state index in [0.29, 0.717) is 6.42 Å². The molecule has 0 saturated heterocycles. The first-order chi connectivity index (χ1) is 9.27. The van der Waals surface area contributed by atoms with Crippen LogP contribution in [0.1, 0.15) is 40.0 Å². The van der Waals surface area contributed by atoms with Crippen LogP contribution in [0.2, 0.25) is 0 Å². The second kappa shape index (κ2) is 8.86. The first-order valence-electron chi connectivity index (χ1n) is 6.59. The molecular formula is C13H25NO6. The zero-order chi connectivity index (χ0) is 15.8. The van der Waals surface area contributed by atoms with Gasteiger partial charge in [-0.1, -0.05) is 13.8 Å². The molecule has 0 saturated carbocycles. The van der Waals surface area contributed by atoms with Crippen LogP contribution in [-0.2, 0) is 19.0 Å². The number of carbonyl (C=O) groups is 1. The molecule has 0 amide bonds. The smallest absolute Gasteiger partial charge is 0.305 e. The van der Waals surface area contributed by atoms with E-state index in [1.165, 1.54) is 21.1 Å². The van der Waals surface area contributed by atoms with Crippen molar-refractivity contribution in [1.82, 2.24) is 0 Å². The molecule has 0 rings (SSSR count). The van der Waals surface area contributed by atoms with Crippen molar-refractivity contribution in [3.05, 3.63) is 10.1 Å². The molecule has 2 atom stereocenters. The molecule has 0 N–H and O–H groups in total.